The Balaban J connectivity index is -0.0000000200. The maximum absolute atomic E-state index is 7.57. The zero-order chi connectivity index (χ0) is 10.2. The van der Waals surface area contributed by atoms with E-state index in [1.165, 1.54) is 0 Å². The number of nitrogens with one attached hydrogen (secondary N) is 1. The van der Waals surface area contributed by atoms with E-state index >= 15 is 0 Å². The van der Waals surface area contributed by atoms with Gasteiger partial charge in [-0.05, 0) is 20.3 Å². The van der Waals surface area contributed by atoms with Crippen LogP contribution in [0.2, 0.25) is 0 Å². The van der Waals surface area contributed by atoms with Crippen LogP contribution in [0.25, 0.3) is 0 Å². The summed E-state index contributed by atoms with van der Waals surface area (Å²) in [4.78, 5) is 4.73. The maximum atomic E-state index is 7.57. The first-order valence-corrected chi connectivity index (χ1v) is 4.25. The predicted octanol–water partition coefficient (Wildman–Crippen LogP) is 1.44. The maximum Gasteiger partial charge on any atom is 2.00 e. The van der Waals surface area contributed by atoms with Gasteiger partial charge in [0, 0.05) is 20.3 Å². The van der Waals surface area contributed by atoms with E-state index in [0.29, 0.717) is 0 Å². The van der Waals surface area contributed by atoms with Crippen molar-refractivity contribution >= 4 is 0 Å². The van der Waals surface area contributed by atoms with Gasteiger partial charge in [0.2, 0.25) is 0 Å². The van der Waals surface area contributed by atoms with E-state index < -0.39 is 0 Å². The van der Waals surface area contributed by atoms with E-state index in [4.69, 9.17) is 15.1 Å². The van der Waals surface area contributed by atoms with Gasteiger partial charge in [0.15, 0.2) is 0 Å². The van der Waals surface area contributed by atoms with Crippen molar-refractivity contribution in [3.63, 3.8) is 0 Å². The molecule has 97 valence electrons. The number of hydroxylamine groups is 1. The number of aliphatic hydroxyl groups excluding tert-OH is 2. The molecule has 0 heterocycles. The average Bonchev–Trinajstić information content (AvgIpc) is 2.04. The second-order valence-electron chi connectivity index (χ2n) is 1.69. The van der Waals surface area contributed by atoms with E-state index in [-0.39, 0.29) is 50.4 Å². The molecule has 0 amide bonds. The zero-order valence-electron chi connectivity index (χ0n) is 11.1. The first kappa shape index (κ1) is 36.1. The van der Waals surface area contributed by atoms with Crippen LogP contribution >= 0.6 is 0 Å². The fourth-order valence-electron chi connectivity index (χ4n) is 0.204. The first-order chi connectivity index (χ1) is 5.74. The van der Waals surface area contributed by atoms with Gasteiger partial charge in [-0.1, -0.05) is 6.92 Å². The van der Waals surface area contributed by atoms with Crippen LogP contribution in [0.5, 0.6) is 0 Å². The second kappa shape index (κ2) is 62.1. The Morgan fingerprint density at radius 2 is 1.27 bits per heavy atom. The van der Waals surface area contributed by atoms with Crippen molar-refractivity contribution in [2.45, 2.75) is 27.2 Å². The molecule has 0 saturated heterocycles. The van der Waals surface area contributed by atoms with Crippen molar-refractivity contribution in [1.29, 1.82) is 0 Å². The van der Waals surface area contributed by atoms with Gasteiger partial charge >= 0.3 is 22.4 Å². The number of rotatable bonds is 3. The molecule has 5 heteroatoms. The average molecular weight is 392 g/mol. The van der Waals surface area contributed by atoms with Crippen LogP contribution in [0, 0.1) is 14.9 Å². The third-order valence-corrected chi connectivity index (χ3v) is 0.451. The Kier molecular flexibility index (Phi) is 149. The molecule has 4 nitrogen and oxygen atoms in total. The minimum absolute atomic E-state index is 0. The molecular weight excluding hydrogens is 363 g/mol. The topological polar surface area (TPSA) is 61.7 Å². The van der Waals surface area contributed by atoms with E-state index in [2.05, 4.69) is 12.4 Å². The molecule has 0 aromatic heterocycles. The van der Waals surface area contributed by atoms with E-state index in [9.17, 15) is 0 Å². The molecule has 0 unspecified atom stereocenters. The Bertz CT molecular complexity index is 45.6. The van der Waals surface area contributed by atoms with Crippen LogP contribution in [0.4, 0.5) is 0 Å². The number of hydrogen-bond donors (Lipinski definition) is 3. The molecule has 0 rings (SSSR count). The molecule has 1 radical (unpaired) electrons. The third kappa shape index (κ3) is 180. The van der Waals surface area contributed by atoms with Gasteiger partial charge < -0.3 is 29.9 Å². The summed E-state index contributed by atoms with van der Waals surface area (Å²) in [6, 6.07) is 0. The summed E-state index contributed by atoms with van der Waals surface area (Å²) in [7, 11) is 1.76. The van der Waals surface area contributed by atoms with Crippen LogP contribution in [-0.4, -0.2) is 37.1 Å². The van der Waals surface area contributed by atoms with Gasteiger partial charge in [0.25, 0.3) is 0 Å². The first-order valence-electron chi connectivity index (χ1n) is 4.25. The van der Waals surface area contributed by atoms with Crippen LogP contribution in [0.1, 0.15) is 27.2 Å². The molecule has 0 aromatic carbocycles. The fourth-order valence-corrected chi connectivity index (χ4v) is 0.204. The van der Waals surface area contributed by atoms with Gasteiger partial charge in [0.05, 0.1) is 6.61 Å². The van der Waals surface area contributed by atoms with Crippen LogP contribution in [0.3, 0.4) is 0 Å². The SMILES string of the molecule is CCCONC.CCO.CCO.[CH3-].[CH3-].[Ta+2]. The molecule has 0 atom stereocenters. The molecular formula is C10H29NO3Ta. The molecule has 0 aromatic rings. The minimum Gasteiger partial charge on any atom is -0.397 e. The van der Waals surface area contributed by atoms with Gasteiger partial charge in [-0.3, -0.25) is 0 Å². The largest absolute Gasteiger partial charge is 2.00 e. The molecule has 15 heavy (non-hydrogen) atoms. The second-order valence-corrected chi connectivity index (χ2v) is 1.69. The van der Waals surface area contributed by atoms with Crippen molar-refractivity contribution in [1.82, 2.24) is 5.48 Å². The molecule has 0 aliphatic rings. The molecule has 3 N–H and O–H groups in total. The van der Waals surface area contributed by atoms with E-state index in [1.54, 1.807) is 20.9 Å². The Morgan fingerprint density at radius 3 is 1.33 bits per heavy atom. The Labute approximate surface area is 112 Å². The molecule has 0 saturated carbocycles. The summed E-state index contributed by atoms with van der Waals surface area (Å²) in [6.07, 6.45) is 1.07. The summed E-state index contributed by atoms with van der Waals surface area (Å²) in [5.41, 5.74) is 2.57. The summed E-state index contributed by atoms with van der Waals surface area (Å²) < 4.78 is 0. The zero-order valence-corrected chi connectivity index (χ0v) is 14.3. The molecule has 0 fully saturated rings. The smallest absolute Gasteiger partial charge is 0.397 e. The quantitative estimate of drug-likeness (QED) is 0.387. The monoisotopic (exact) mass is 392 g/mol. The summed E-state index contributed by atoms with van der Waals surface area (Å²) in [5.74, 6) is 0. The van der Waals surface area contributed by atoms with E-state index in [1.807, 2.05) is 0 Å². The minimum atomic E-state index is 0. The molecule has 0 bridgehead atoms. The van der Waals surface area contributed by atoms with Crippen molar-refractivity contribution in [2.24, 2.45) is 0 Å². The number of aliphatic hydroxyl groups is 2. The van der Waals surface area contributed by atoms with Gasteiger partial charge in [-0.2, -0.15) is 0 Å². The molecule has 0 spiro atoms. The van der Waals surface area contributed by atoms with Crippen LogP contribution < -0.4 is 5.48 Å². The summed E-state index contributed by atoms with van der Waals surface area (Å²) >= 11 is 0. The molecule has 0 aliphatic heterocycles. The van der Waals surface area contributed by atoms with Crippen molar-refractivity contribution in [3.05, 3.63) is 14.9 Å². The van der Waals surface area contributed by atoms with E-state index in [0.717, 1.165) is 13.0 Å². The predicted molar refractivity (Wildman–Crippen MR) is 63.7 cm³/mol. The van der Waals surface area contributed by atoms with Crippen molar-refractivity contribution in [2.75, 3.05) is 26.9 Å². The summed E-state index contributed by atoms with van der Waals surface area (Å²) in [6.45, 7) is 6.73. The van der Waals surface area contributed by atoms with Crippen LogP contribution in [0.15, 0.2) is 0 Å². The van der Waals surface area contributed by atoms with Crippen molar-refractivity contribution in [3.8, 4) is 0 Å². The van der Waals surface area contributed by atoms with Crippen molar-refractivity contribution < 1.29 is 37.4 Å². The Hall–Kier alpha value is 0.580. The summed E-state index contributed by atoms with van der Waals surface area (Å²) in [5, 5.41) is 15.1. The van der Waals surface area contributed by atoms with Gasteiger partial charge in [0.1, 0.15) is 0 Å². The van der Waals surface area contributed by atoms with Gasteiger partial charge in [-0.25, -0.2) is 5.48 Å². The number of hydrogen-bond acceptors (Lipinski definition) is 4. The normalized spacial score (nSPS) is 6.00. The van der Waals surface area contributed by atoms with Gasteiger partial charge in [-0.15, -0.1) is 0 Å². The standard InChI is InChI=1S/C4H11NO.2C2H6O.2CH3.Ta/c1-3-4-6-5-2;2*1-2-3;;;/h5H,3-4H2,1-2H3;2*3H,2H2,1H3;2*1H3;/q;;;2*-1;+2. The Morgan fingerprint density at radius 1 is 1.00 bits per heavy atom. The molecule has 0 aliphatic carbocycles. The van der Waals surface area contributed by atoms with Crippen LogP contribution in [-0.2, 0) is 27.2 Å². The fraction of sp³-hybridized carbons (Fsp3) is 0.800. The third-order valence-electron chi connectivity index (χ3n) is 0.451.